The maximum Gasteiger partial charge on any atom is 0.203 e. The highest BCUT2D eigenvalue weighted by Crippen LogP contribution is 2.42. The Balaban J connectivity index is 2.02. The number of hydrogen-bond acceptors (Lipinski definition) is 3. The van der Waals surface area contributed by atoms with Crippen molar-refractivity contribution in [2.45, 2.75) is 213 Å². The van der Waals surface area contributed by atoms with Crippen LogP contribution in [0.15, 0.2) is 43.0 Å². The summed E-state index contributed by atoms with van der Waals surface area (Å²) >= 11 is 0. The van der Waals surface area contributed by atoms with E-state index >= 15 is 0 Å². The molecule has 3 nitrogen and oxygen atoms in total. The lowest BCUT2D eigenvalue weighted by Crippen LogP contribution is -2.07. The minimum atomic E-state index is 0.701. The van der Waals surface area contributed by atoms with Gasteiger partial charge >= 0.3 is 0 Å². The molecule has 2 aromatic rings. The van der Waals surface area contributed by atoms with Crippen LogP contribution in [0.5, 0.6) is 17.2 Å². The molecular formula is C50H84O3. The maximum atomic E-state index is 6.61. The molecule has 3 heteroatoms. The van der Waals surface area contributed by atoms with Gasteiger partial charge in [-0.05, 0) is 48.1 Å². The van der Waals surface area contributed by atoms with Crippen LogP contribution in [0.25, 0.3) is 17.2 Å². The Kier molecular flexibility index (Phi) is 30.1. The zero-order valence-corrected chi connectivity index (χ0v) is 35.3. The van der Waals surface area contributed by atoms with E-state index in [0.717, 1.165) is 53.2 Å². The molecule has 0 fully saturated rings. The van der Waals surface area contributed by atoms with Crippen LogP contribution in [-0.4, -0.2) is 19.8 Å². The molecule has 0 aromatic heterocycles. The number of hydrogen-bond donors (Lipinski definition) is 0. The summed E-state index contributed by atoms with van der Waals surface area (Å²) in [7, 11) is 0. The van der Waals surface area contributed by atoms with E-state index in [1.165, 1.54) is 173 Å². The fraction of sp³-hybridized carbons (Fsp3) is 0.720. The van der Waals surface area contributed by atoms with Gasteiger partial charge in [0.05, 0.1) is 19.8 Å². The van der Waals surface area contributed by atoms with Crippen LogP contribution in [-0.2, 0) is 0 Å². The van der Waals surface area contributed by atoms with Crippen molar-refractivity contribution in [3.63, 3.8) is 0 Å². The SMILES string of the molecule is C=Cc1ccc(-c2cc(OCCCCCCCCCCCC)c(OCCCCCCCCCCCC)c(OCCCCCCCCCCCC)c2)cc1. The average molecular weight is 733 g/mol. The minimum absolute atomic E-state index is 0.701. The van der Waals surface area contributed by atoms with Crippen molar-refractivity contribution < 1.29 is 14.2 Å². The summed E-state index contributed by atoms with van der Waals surface area (Å²) in [6.07, 6.45) is 41.4. The molecule has 302 valence electrons. The van der Waals surface area contributed by atoms with Gasteiger partial charge in [0.2, 0.25) is 5.75 Å². The van der Waals surface area contributed by atoms with Crippen molar-refractivity contribution in [2.75, 3.05) is 19.8 Å². The number of benzene rings is 2. The second-order valence-electron chi connectivity index (χ2n) is 15.7. The van der Waals surface area contributed by atoms with E-state index in [4.69, 9.17) is 14.2 Å². The molecule has 0 spiro atoms. The fourth-order valence-corrected chi connectivity index (χ4v) is 7.22. The topological polar surface area (TPSA) is 27.7 Å². The normalized spacial score (nSPS) is 11.2. The summed E-state index contributed by atoms with van der Waals surface area (Å²) in [6, 6.07) is 13.0. The lowest BCUT2D eigenvalue weighted by Gasteiger charge is -2.19. The number of ether oxygens (including phenoxy) is 3. The van der Waals surface area contributed by atoms with E-state index in [2.05, 4.69) is 63.7 Å². The summed E-state index contributed by atoms with van der Waals surface area (Å²) in [5.41, 5.74) is 3.40. The standard InChI is InChI=1S/C50H84O3/c1-5-9-12-15-18-21-24-27-30-33-40-51-48-43-47(46-38-36-45(8-4)37-39-46)44-49(52-41-34-31-28-25-22-19-16-13-10-6-2)50(48)53-42-35-32-29-26-23-20-17-14-11-7-3/h8,36-39,43-44H,4-7,9-35,40-42H2,1-3H3. The van der Waals surface area contributed by atoms with Crippen LogP contribution >= 0.6 is 0 Å². The Morgan fingerprint density at radius 2 is 0.679 bits per heavy atom. The average Bonchev–Trinajstić information content (AvgIpc) is 3.18. The predicted octanol–water partition coefficient (Wildman–Crippen LogP) is 16.9. The third-order valence-corrected chi connectivity index (χ3v) is 10.8. The Bertz CT molecular complexity index is 1060. The highest BCUT2D eigenvalue weighted by Gasteiger charge is 2.17. The third-order valence-electron chi connectivity index (χ3n) is 10.8. The molecule has 0 saturated carbocycles. The highest BCUT2D eigenvalue weighted by molar-refractivity contribution is 5.72. The van der Waals surface area contributed by atoms with Crippen molar-refractivity contribution in [1.29, 1.82) is 0 Å². The van der Waals surface area contributed by atoms with Crippen molar-refractivity contribution in [1.82, 2.24) is 0 Å². The Morgan fingerprint density at radius 3 is 1.00 bits per heavy atom. The molecular weight excluding hydrogens is 649 g/mol. The number of unbranched alkanes of at least 4 members (excludes halogenated alkanes) is 27. The second kappa shape index (κ2) is 34.1. The van der Waals surface area contributed by atoms with Crippen molar-refractivity contribution in [2.24, 2.45) is 0 Å². The lowest BCUT2D eigenvalue weighted by molar-refractivity contribution is 0.234. The van der Waals surface area contributed by atoms with E-state index in [1.807, 2.05) is 6.08 Å². The summed E-state index contributed by atoms with van der Waals surface area (Å²) < 4.78 is 19.8. The first kappa shape index (κ1) is 46.7. The molecule has 2 rings (SSSR count). The molecule has 53 heavy (non-hydrogen) atoms. The molecule has 0 radical (unpaired) electrons. The molecule has 0 N–H and O–H groups in total. The summed E-state index contributed by atoms with van der Waals surface area (Å²) in [5, 5.41) is 0. The van der Waals surface area contributed by atoms with Crippen molar-refractivity contribution in [3.05, 3.63) is 48.5 Å². The highest BCUT2D eigenvalue weighted by atomic mass is 16.5. The minimum Gasteiger partial charge on any atom is -0.490 e. The van der Waals surface area contributed by atoms with E-state index in [1.54, 1.807) is 0 Å². The molecule has 0 unspecified atom stereocenters. The molecule has 0 aliphatic heterocycles. The van der Waals surface area contributed by atoms with Gasteiger partial charge in [-0.1, -0.05) is 231 Å². The molecule has 0 atom stereocenters. The summed E-state index contributed by atoms with van der Waals surface area (Å²) in [6.45, 7) is 12.9. The van der Waals surface area contributed by atoms with Gasteiger partial charge in [0.25, 0.3) is 0 Å². The van der Waals surface area contributed by atoms with Crippen molar-refractivity contribution >= 4 is 6.08 Å². The zero-order chi connectivity index (χ0) is 37.9. The molecule has 0 bridgehead atoms. The molecule has 2 aromatic carbocycles. The van der Waals surface area contributed by atoms with Gasteiger partial charge in [-0.3, -0.25) is 0 Å². The van der Waals surface area contributed by atoms with Gasteiger partial charge in [0.15, 0.2) is 11.5 Å². The maximum absolute atomic E-state index is 6.61. The molecule has 0 saturated heterocycles. The first-order valence-electron chi connectivity index (χ1n) is 23.0. The van der Waals surface area contributed by atoms with Crippen LogP contribution in [0.4, 0.5) is 0 Å². The fourth-order valence-electron chi connectivity index (χ4n) is 7.22. The Morgan fingerprint density at radius 1 is 0.377 bits per heavy atom. The van der Waals surface area contributed by atoms with Gasteiger partial charge in [-0.15, -0.1) is 0 Å². The number of rotatable bonds is 38. The van der Waals surface area contributed by atoms with Gasteiger partial charge < -0.3 is 14.2 Å². The Labute approximate surface area is 329 Å². The largest absolute Gasteiger partial charge is 0.490 e. The zero-order valence-electron chi connectivity index (χ0n) is 35.3. The van der Waals surface area contributed by atoms with Gasteiger partial charge in [-0.2, -0.15) is 0 Å². The van der Waals surface area contributed by atoms with Gasteiger partial charge in [0.1, 0.15) is 0 Å². The van der Waals surface area contributed by atoms with Crippen molar-refractivity contribution in [3.8, 4) is 28.4 Å². The first-order valence-corrected chi connectivity index (χ1v) is 23.0. The lowest BCUT2D eigenvalue weighted by atomic mass is 10.0. The monoisotopic (exact) mass is 733 g/mol. The van der Waals surface area contributed by atoms with E-state index < -0.39 is 0 Å². The predicted molar refractivity (Wildman–Crippen MR) is 234 cm³/mol. The van der Waals surface area contributed by atoms with E-state index in [0.29, 0.717) is 19.8 Å². The summed E-state index contributed by atoms with van der Waals surface area (Å²) in [5.74, 6) is 2.46. The van der Waals surface area contributed by atoms with Crippen LogP contribution in [0.3, 0.4) is 0 Å². The van der Waals surface area contributed by atoms with Crippen LogP contribution in [0, 0.1) is 0 Å². The quantitative estimate of drug-likeness (QED) is 0.0643. The smallest absolute Gasteiger partial charge is 0.203 e. The molecule has 0 aliphatic carbocycles. The van der Waals surface area contributed by atoms with Gasteiger partial charge in [-0.25, -0.2) is 0 Å². The first-order chi connectivity index (χ1) is 26.2. The molecule has 0 heterocycles. The molecule has 0 amide bonds. The van der Waals surface area contributed by atoms with Crippen LogP contribution in [0.1, 0.15) is 219 Å². The van der Waals surface area contributed by atoms with E-state index in [-0.39, 0.29) is 0 Å². The van der Waals surface area contributed by atoms with E-state index in [9.17, 15) is 0 Å². The van der Waals surface area contributed by atoms with Crippen LogP contribution in [0.2, 0.25) is 0 Å². The second-order valence-corrected chi connectivity index (χ2v) is 15.7. The van der Waals surface area contributed by atoms with Crippen LogP contribution < -0.4 is 14.2 Å². The third kappa shape index (κ3) is 23.9. The van der Waals surface area contributed by atoms with Gasteiger partial charge in [0, 0.05) is 0 Å². The summed E-state index contributed by atoms with van der Waals surface area (Å²) in [4.78, 5) is 0. The Hall–Kier alpha value is -2.42. The molecule has 0 aliphatic rings.